The van der Waals surface area contributed by atoms with Crippen LogP contribution >= 0.6 is 11.3 Å². The monoisotopic (exact) mass is 468 g/mol. The largest absolute Gasteiger partial charge is 0.486 e. The molecule has 2 aliphatic heterocycles. The molecule has 5 rings (SSSR count). The van der Waals surface area contributed by atoms with Gasteiger partial charge in [0.1, 0.15) is 24.6 Å². The highest BCUT2D eigenvalue weighted by Gasteiger charge is 2.22. The molecule has 0 aliphatic carbocycles. The zero-order valence-electron chi connectivity index (χ0n) is 18.3. The number of rotatable bonds is 4. The van der Waals surface area contributed by atoms with E-state index in [-0.39, 0.29) is 23.9 Å². The van der Waals surface area contributed by atoms with Crippen LogP contribution in [0.2, 0.25) is 0 Å². The third-order valence-corrected chi connectivity index (χ3v) is 7.14. The number of nitrogens with zero attached hydrogens (tertiary/aromatic N) is 3. The van der Waals surface area contributed by atoms with E-state index in [4.69, 9.17) is 9.47 Å². The van der Waals surface area contributed by atoms with Crippen LogP contribution in [0.3, 0.4) is 0 Å². The van der Waals surface area contributed by atoms with Crippen LogP contribution in [0.1, 0.15) is 34.5 Å². The van der Waals surface area contributed by atoms with E-state index in [0.29, 0.717) is 51.1 Å². The second-order valence-corrected chi connectivity index (χ2v) is 9.17. The lowest BCUT2D eigenvalue weighted by Crippen LogP contribution is -2.39. The Labute approximate surface area is 193 Å². The van der Waals surface area contributed by atoms with Crippen molar-refractivity contribution in [3.05, 3.63) is 45.3 Å². The zero-order chi connectivity index (χ0) is 22.9. The molecule has 9 nitrogen and oxygen atoms in total. The number of hydrogen-bond donors (Lipinski definition) is 1. The van der Waals surface area contributed by atoms with Gasteiger partial charge in [0.2, 0.25) is 5.91 Å². The number of piperidine rings is 1. The number of amides is 2. The summed E-state index contributed by atoms with van der Waals surface area (Å²) in [5, 5.41) is 3.23. The number of aryl methyl sites for hydroxylation is 1. The SMILES string of the molecule is Cc1c(C(=O)Nc2ccc3c(c2)OCCO3)sc2ncn(CC(=O)N3CCCCC3)c(=O)c12. The number of aromatic nitrogens is 2. The molecule has 0 bridgehead atoms. The number of thiophene rings is 1. The first-order chi connectivity index (χ1) is 16.0. The molecule has 1 fully saturated rings. The fraction of sp³-hybridized carbons (Fsp3) is 0.391. The maximum Gasteiger partial charge on any atom is 0.266 e. The highest BCUT2D eigenvalue weighted by molar-refractivity contribution is 7.20. The normalized spacial score (nSPS) is 15.5. The predicted molar refractivity (Wildman–Crippen MR) is 124 cm³/mol. The van der Waals surface area contributed by atoms with Gasteiger partial charge >= 0.3 is 0 Å². The highest BCUT2D eigenvalue weighted by Crippen LogP contribution is 2.33. The maximum atomic E-state index is 13.1. The molecule has 0 unspecified atom stereocenters. The molecule has 0 saturated carbocycles. The van der Waals surface area contributed by atoms with Gasteiger partial charge in [-0.25, -0.2) is 4.98 Å². The fourth-order valence-corrected chi connectivity index (χ4v) is 5.22. The number of anilines is 1. The fourth-order valence-electron chi connectivity index (χ4n) is 4.19. The van der Waals surface area contributed by atoms with E-state index in [9.17, 15) is 14.4 Å². The van der Waals surface area contributed by atoms with Gasteiger partial charge < -0.3 is 19.7 Å². The van der Waals surface area contributed by atoms with Gasteiger partial charge in [-0.1, -0.05) is 0 Å². The summed E-state index contributed by atoms with van der Waals surface area (Å²) in [6, 6.07) is 5.21. The molecule has 2 aromatic heterocycles. The lowest BCUT2D eigenvalue weighted by Gasteiger charge is -2.26. The molecule has 10 heteroatoms. The Hall–Kier alpha value is -3.40. The summed E-state index contributed by atoms with van der Waals surface area (Å²) in [6.07, 6.45) is 4.50. The minimum atomic E-state index is -0.331. The molecule has 172 valence electrons. The van der Waals surface area contributed by atoms with Crippen molar-refractivity contribution in [1.82, 2.24) is 14.5 Å². The molecule has 33 heavy (non-hydrogen) atoms. The van der Waals surface area contributed by atoms with Gasteiger partial charge in [-0.2, -0.15) is 0 Å². The van der Waals surface area contributed by atoms with E-state index >= 15 is 0 Å². The van der Waals surface area contributed by atoms with Crippen molar-refractivity contribution in [1.29, 1.82) is 0 Å². The molecule has 0 radical (unpaired) electrons. The Morgan fingerprint density at radius 2 is 1.88 bits per heavy atom. The summed E-state index contributed by atoms with van der Waals surface area (Å²) in [6.45, 7) is 4.09. The minimum absolute atomic E-state index is 0.0458. The Morgan fingerprint density at radius 3 is 2.67 bits per heavy atom. The van der Waals surface area contributed by atoms with Gasteiger partial charge in [-0.15, -0.1) is 11.3 Å². The smallest absolute Gasteiger partial charge is 0.266 e. The molecule has 1 saturated heterocycles. The average molecular weight is 469 g/mol. The van der Waals surface area contributed by atoms with Crippen LogP contribution in [0.4, 0.5) is 5.69 Å². The van der Waals surface area contributed by atoms with Crippen LogP contribution in [0.5, 0.6) is 11.5 Å². The second kappa shape index (κ2) is 8.86. The Balaban J connectivity index is 1.38. The van der Waals surface area contributed by atoms with E-state index in [0.717, 1.165) is 43.7 Å². The van der Waals surface area contributed by atoms with Crippen molar-refractivity contribution in [3.63, 3.8) is 0 Å². The van der Waals surface area contributed by atoms with Gasteiger partial charge in [0.05, 0.1) is 16.6 Å². The topological polar surface area (TPSA) is 103 Å². The molecule has 1 N–H and O–H groups in total. The summed E-state index contributed by atoms with van der Waals surface area (Å²) in [7, 11) is 0. The first-order valence-electron chi connectivity index (χ1n) is 11.0. The molecular formula is C23H24N4O5S. The summed E-state index contributed by atoms with van der Waals surface area (Å²) in [5.41, 5.74) is 0.818. The summed E-state index contributed by atoms with van der Waals surface area (Å²) in [4.78, 5) is 45.8. The molecule has 3 aromatic rings. The van der Waals surface area contributed by atoms with E-state index in [2.05, 4.69) is 10.3 Å². The van der Waals surface area contributed by atoms with Crippen molar-refractivity contribution in [3.8, 4) is 11.5 Å². The van der Waals surface area contributed by atoms with Crippen molar-refractivity contribution in [2.75, 3.05) is 31.6 Å². The van der Waals surface area contributed by atoms with Gasteiger partial charge in [0.15, 0.2) is 11.5 Å². The van der Waals surface area contributed by atoms with E-state index in [1.165, 1.54) is 10.9 Å². The van der Waals surface area contributed by atoms with E-state index in [1.807, 2.05) is 0 Å². The number of hydrogen-bond acceptors (Lipinski definition) is 7. The molecule has 4 heterocycles. The van der Waals surface area contributed by atoms with Crippen LogP contribution in [0.15, 0.2) is 29.3 Å². The first kappa shape index (κ1) is 21.4. The number of nitrogens with one attached hydrogen (secondary N) is 1. The average Bonchev–Trinajstić information content (AvgIpc) is 3.18. The van der Waals surface area contributed by atoms with Crippen molar-refractivity contribution >= 4 is 39.1 Å². The van der Waals surface area contributed by atoms with Crippen molar-refractivity contribution in [2.45, 2.75) is 32.7 Å². The van der Waals surface area contributed by atoms with Crippen LogP contribution < -0.4 is 20.3 Å². The number of ether oxygens (including phenoxy) is 2. The number of carbonyl (C=O) groups is 2. The standard InChI is InChI=1S/C23H24N4O5S/c1-14-19-22(24-13-27(23(19)30)12-18(28)26-7-3-2-4-8-26)33-20(14)21(29)25-15-5-6-16-17(11-15)32-10-9-31-16/h5-6,11,13H,2-4,7-10,12H2,1H3,(H,25,29). The van der Waals surface area contributed by atoms with Crippen LogP contribution in [-0.2, 0) is 11.3 Å². The minimum Gasteiger partial charge on any atom is -0.486 e. The molecule has 0 atom stereocenters. The van der Waals surface area contributed by atoms with Crippen LogP contribution in [0, 0.1) is 6.92 Å². The Bertz CT molecular complexity index is 1290. The van der Waals surface area contributed by atoms with E-state index < -0.39 is 0 Å². The Morgan fingerprint density at radius 1 is 1.12 bits per heavy atom. The molecule has 2 amide bonds. The molecule has 1 aromatic carbocycles. The highest BCUT2D eigenvalue weighted by atomic mass is 32.1. The zero-order valence-corrected chi connectivity index (χ0v) is 19.1. The van der Waals surface area contributed by atoms with Gasteiger partial charge in [0, 0.05) is 24.8 Å². The number of carbonyl (C=O) groups excluding carboxylic acids is 2. The van der Waals surface area contributed by atoms with Gasteiger partial charge in [-0.05, 0) is 43.9 Å². The number of benzene rings is 1. The van der Waals surface area contributed by atoms with Crippen LogP contribution in [-0.4, -0.2) is 52.6 Å². The van der Waals surface area contributed by atoms with E-state index in [1.54, 1.807) is 30.0 Å². The quantitative estimate of drug-likeness (QED) is 0.632. The molecule has 2 aliphatic rings. The lowest BCUT2D eigenvalue weighted by molar-refractivity contribution is -0.132. The third kappa shape index (κ3) is 4.18. The first-order valence-corrected chi connectivity index (χ1v) is 11.8. The van der Waals surface area contributed by atoms with Crippen molar-refractivity contribution < 1.29 is 19.1 Å². The van der Waals surface area contributed by atoms with Gasteiger partial charge in [0.25, 0.3) is 11.5 Å². The summed E-state index contributed by atoms with van der Waals surface area (Å²) in [5.74, 6) is 0.807. The summed E-state index contributed by atoms with van der Waals surface area (Å²) >= 11 is 1.16. The second-order valence-electron chi connectivity index (χ2n) is 8.17. The van der Waals surface area contributed by atoms with Crippen LogP contribution in [0.25, 0.3) is 10.2 Å². The Kier molecular flexibility index (Phi) is 5.76. The predicted octanol–water partition coefficient (Wildman–Crippen LogP) is 2.80. The van der Waals surface area contributed by atoms with Crippen molar-refractivity contribution in [2.24, 2.45) is 0 Å². The number of likely N-dealkylation sites (tertiary alicyclic amines) is 1. The number of fused-ring (bicyclic) bond motifs is 2. The van der Waals surface area contributed by atoms with Gasteiger partial charge in [-0.3, -0.25) is 19.0 Å². The molecular weight excluding hydrogens is 444 g/mol. The lowest BCUT2D eigenvalue weighted by atomic mass is 10.1. The summed E-state index contributed by atoms with van der Waals surface area (Å²) < 4.78 is 12.4. The third-order valence-electron chi connectivity index (χ3n) is 5.94. The maximum absolute atomic E-state index is 13.1. The molecule has 0 spiro atoms.